The summed E-state index contributed by atoms with van der Waals surface area (Å²) in [5.41, 5.74) is -4.04. The average molecular weight is 613 g/mol. The van der Waals surface area contributed by atoms with Crippen molar-refractivity contribution in [3.8, 4) is 0 Å². The SMILES string of the molecule is Cc1cn([C@@H]2OC(COS(C)(=O)=O)(COS(C)(=O)=O)[C@@H](OCc3ccccc3)[C@]2(O)S(C)(=O)=O)c(=O)[nH]c1=O. The van der Waals surface area contributed by atoms with Crippen molar-refractivity contribution in [3.05, 3.63) is 68.5 Å². The molecule has 0 spiro atoms. The summed E-state index contributed by atoms with van der Waals surface area (Å²) in [5.74, 6) is 0. The highest BCUT2D eigenvalue weighted by Gasteiger charge is 2.71. The lowest BCUT2D eigenvalue weighted by molar-refractivity contribution is -0.154. The molecule has 218 valence electrons. The van der Waals surface area contributed by atoms with E-state index in [9.17, 15) is 39.9 Å². The van der Waals surface area contributed by atoms with Crippen molar-refractivity contribution in [2.24, 2.45) is 0 Å². The van der Waals surface area contributed by atoms with E-state index < -0.39 is 77.4 Å². The molecule has 1 saturated heterocycles. The molecule has 2 heterocycles. The fourth-order valence-electron chi connectivity index (χ4n) is 3.97. The zero-order valence-corrected chi connectivity index (χ0v) is 23.7. The molecule has 3 rings (SSSR count). The van der Waals surface area contributed by atoms with Crippen molar-refractivity contribution < 1.29 is 48.2 Å². The number of nitrogens with zero attached hydrogens (tertiary/aromatic N) is 1. The maximum Gasteiger partial charge on any atom is 0.330 e. The third kappa shape index (κ3) is 6.83. The van der Waals surface area contributed by atoms with Gasteiger partial charge in [0.1, 0.15) is 19.3 Å². The molecule has 2 aromatic rings. The Balaban J connectivity index is 2.30. The molecule has 1 aliphatic heterocycles. The minimum absolute atomic E-state index is 0.0759. The smallest absolute Gasteiger partial charge is 0.330 e. The molecule has 0 amide bonds. The first-order valence-corrected chi connectivity index (χ1v) is 16.6. The lowest BCUT2D eigenvalue weighted by atomic mass is 9.96. The third-order valence-electron chi connectivity index (χ3n) is 5.84. The predicted molar refractivity (Wildman–Crippen MR) is 135 cm³/mol. The van der Waals surface area contributed by atoms with Crippen LogP contribution in [0, 0.1) is 6.92 Å². The normalized spacial score (nSPS) is 23.6. The number of hydrogen-bond acceptors (Lipinski definition) is 13. The Hall–Kier alpha value is -2.45. The van der Waals surface area contributed by atoms with E-state index in [0.29, 0.717) is 28.9 Å². The minimum Gasteiger partial charge on any atom is -0.369 e. The molecule has 0 unspecified atom stereocenters. The molecule has 1 aromatic carbocycles. The van der Waals surface area contributed by atoms with Gasteiger partial charge in [-0.05, 0) is 12.5 Å². The van der Waals surface area contributed by atoms with E-state index >= 15 is 0 Å². The molecule has 0 radical (unpaired) electrons. The van der Waals surface area contributed by atoms with Crippen LogP contribution in [-0.4, -0.2) is 88.5 Å². The average Bonchev–Trinajstić information content (AvgIpc) is 3.06. The number of H-pyrrole nitrogens is 1. The van der Waals surface area contributed by atoms with Crippen LogP contribution in [0.2, 0.25) is 0 Å². The molecule has 1 aliphatic rings. The molecular formula is C21H28N2O13S3. The summed E-state index contributed by atoms with van der Waals surface area (Å²) in [5, 5.41) is 11.9. The van der Waals surface area contributed by atoms with E-state index in [-0.39, 0.29) is 12.2 Å². The maximum atomic E-state index is 13.2. The van der Waals surface area contributed by atoms with Crippen molar-refractivity contribution in [1.82, 2.24) is 9.55 Å². The highest BCUT2D eigenvalue weighted by atomic mass is 32.2. The van der Waals surface area contributed by atoms with Crippen molar-refractivity contribution in [1.29, 1.82) is 0 Å². The molecule has 0 saturated carbocycles. The van der Waals surface area contributed by atoms with Gasteiger partial charge in [-0.2, -0.15) is 16.8 Å². The molecule has 1 aromatic heterocycles. The van der Waals surface area contributed by atoms with Gasteiger partial charge in [0.25, 0.3) is 25.8 Å². The molecule has 1 fully saturated rings. The molecule has 18 heteroatoms. The fraction of sp³-hybridized carbons (Fsp3) is 0.524. The molecule has 0 bridgehead atoms. The topological polar surface area (TPSA) is 214 Å². The molecule has 15 nitrogen and oxygen atoms in total. The highest BCUT2D eigenvalue weighted by molar-refractivity contribution is 7.92. The van der Waals surface area contributed by atoms with E-state index in [0.717, 1.165) is 6.20 Å². The van der Waals surface area contributed by atoms with Crippen LogP contribution >= 0.6 is 0 Å². The van der Waals surface area contributed by atoms with Gasteiger partial charge in [-0.15, -0.1) is 0 Å². The molecular weight excluding hydrogens is 584 g/mol. The van der Waals surface area contributed by atoms with Gasteiger partial charge < -0.3 is 14.6 Å². The van der Waals surface area contributed by atoms with E-state index in [1.807, 2.05) is 4.98 Å². The quantitative estimate of drug-likeness (QED) is 0.273. The highest BCUT2D eigenvalue weighted by Crippen LogP contribution is 2.49. The monoisotopic (exact) mass is 612 g/mol. The molecule has 3 atom stereocenters. The number of benzene rings is 1. The predicted octanol–water partition coefficient (Wildman–Crippen LogP) is -1.62. The molecule has 39 heavy (non-hydrogen) atoms. The van der Waals surface area contributed by atoms with Crippen molar-refractivity contribution >= 4 is 30.1 Å². The van der Waals surface area contributed by atoms with Crippen LogP contribution in [0.15, 0.2) is 46.1 Å². The summed E-state index contributed by atoms with van der Waals surface area (Å²) < 4.78 is 96.0. The lowest BCUT2D eigenvalue weighted by Crippen LogP contribution is -2.60. The van der Waals surface area contributed by atoms with Crippen LogP contribution in [-0.2, 0) is 54.5 Å². The summed E-state index contributed by atoms with van der Waals surface area (Å²) >= 11 is 0. The Labute approximate surface area is 224 Å². The first-order valence-electron chi connectivity index (χ1n) is 11.1. The summed E-state index contributed by atoms with van der Waals surface area (Å²) in [6.07, 6.45) is -1.43. The Morgan fingerprint density at radius 1 is 0.974 bits per heavy atom. The van der Waals surface area contributed by atoms with Gasteiger partial charge in [-0.1, -0.05) is 30.3 Å². The van der Waals surface area contributed by atoms with E-state index in [1.165, 1.54) is 6.92 Å². The zero-order valence-electron chi connectivity index (χ0n) is 21.3. The van der Waals surface area contributed by atoms with E-state index in [1.54, 1.807) is 30.3 Å². The Bertz CT molecular complexity index is 1610. The number of sulfone groups is 1. The number of aromatic amines is 1. The number of ether oxygens (including phenoxy) is 2. The van der Waals surface area contributed by atoms with Crippen molar-refractivity contribution in [2.45, 2.75) is 36.4 Å². The number of rotatable bonds is 11. The van der Waals surface area contributed by atoms with Crippen molar-refractivity contribution in [3.63, 3.8) is 0 Å². The van der Waals surface area contributed by atoms with Crippen LogP contribution in [0.5, 0.6) is 0 Å². The minimum atomic E-state index is -4.73. The second-order valence-corrected chi connectivity index (χ2v) is 14.6. The first-order chi connectivity index (χ1) is 17.8. The Morgan fingerprint density at radius 2 is 1.51 bits per heavy atom. The second kappa shape index (κ2) is 10.8. The van der Waals surface area contributed by atoms with Gasteiger partial charge in [-0.25, -0.2) is 13.2 Å². The Kier molecular flexibility index (Phi) is 8.64. The summed E-state index contributed by atoms with van der Waals surface area (Å²) in [4.78, 5) is 23.5. The lowest BCUT2D eigenvalue weighted by Gasteiger charge is -2.36. The number of aryl methyl sites for hydroxylation is 1. The maximum absolute atomic E-state index is 13.2. The molecule has 2 N–H and O–H groups in total. The van der Waals surface area contributed by atoms with Crippen LogP contribution in [0.3, 0.4) is 0 Å². The summed E-state index contributed by atoms with van der Waals surface area (Å²) in [6, 6.07) is 8.18. The van der Waals surface area contributed by atoms with Crippen LogP contribution in [0.4, 0.5) is 0 Å². The number of aromatic nitrogens is 2. The van der Waals surface area contributed by atoms with Gasteiger partial charge in [0, 0.05) is 18.0 Å². The number of aliphatic hydroxyl groups is 1. The van der Waals surface area contributed by atoms with Gasteiger partial charge >= 0.3 is 5.69 Å². The standard InChI is InChI=1S/C21H28N2O13S3/c1-14-10-23(19(25)22-16(14)24)18-21(26,37(2,27)28)17(33-11-15-8-6-5-7-9-15)20(36-18,12-34-38(3,29)30)13-35-39(4,31)32/h5-10,17-18,26H,11-13H2,1-4H3,(H,22,24,25)/t17-,18-,21+/m1/s1. The zero-order chi connectivity index (χ0) is 29.4. The second-order valence-electron chi connectivity index (χ2n) is 9.15. The largest absolute Gasteiger partial charge is 0.369 e. The summed E-state index contributed by atoms with van der Waals surface area (Å²) in [6.45, 7) is -1.27. The van der Waals surface area contributed by atoms with Crippen molar-refractivity contribution in [2.75, 3.05) is 32.0 Å². The first kappa shape index (κ1) is 31.1. The van der Waals surface area contributed by atoms with Gasteiger partial charge in [-0.3, -0.25) is 22.7 Å². The van der Waals surface area contributed by atoms with Gasteiger partial charge in [0.15, 0.2) is 21.7 Å². The fourth-order valence-corrected chi connectivity index (χ4v) is 6.00. The van der Waals surface area contributed by atoms with Crippen LogP contribution in [0.25, 0.3) is 0 Å². The summed E-state index contributed by atoms with van der Waals surface area (Å²) in [7, 11) is -13.2. The van der Waals surface area contributed by atoms with Crippen LogP contribution < -0.4 is 11.2 Å². The molecule has 0 aliphatic carbocycles. The van der Waals surface area contributed by atoms with Gasteiger partial charge in [0.05, 0.1) is 19.1 Å². The number of nitrogens with one attached hydrogen (secondary N) is 1. The van der Waals surface area contributed by atoms with Crippen LogP contribution in [0.1, 0.15) is 17.4 Å². The number of hydrogen-bond donors (Lipinski definition) is 2. The van der Waals surface area contributed by atoms with E-state index in [4.69, 9.17) is 17.8 Å². The third-order valence-corrected chi connectivity index (χ3v) is 8.54. The van der Waals surface area contributed by atoms with Gasteiger partial charge in [0.2, 0.25) is 4.93 Å². The Morgan fingerprint density at radius 3 is 2.00 bits per heavy atom. The van der Waals surface area contributed by atoms with E-state index in [2.05, 4.69) is 0 Å².